The number of aromatic amines is 1. The van der Waals surface area contributed by atoms with Gasteiger partial charge in [0, 0.05) is 17.8 Å². The summed E-state index contributed by atoms with van der Waals surface area (Å²) in [6.07, 6.45) is 1.85. The zero-order valence-corrected chi connectivity index (χ0v) is 13.1. The number of aromatic nitrogens is 4. The predicted molar refractivity (Wildman–Crippen MR) is 81.4 cm³/mol. The summed E-state index contributed by atoms with van der Waals surface area (Å²) in [7, 11) is 0. The molecule has 7 nitrogen and oxygen atoms in total. The quantitative estimate of drug-likeness (QED) is 0.891. The number of carbonyl (C=O) groups excluding carboxylic acids is 1. The molecular weight excluding hydrogens is 320 g/mol. The Balaban J connectivity index is 1.98. The lowest BCUT2D eigenvalue weighted by atomic mass is 10.2. The molecule has 2 heterocycles. The molecule has 0 spiro atoms. The Bertz CT molecular complexity index is 808. The van der Waals surface area contributed by atoms with Crippen molar-refractivity contribution in [3.05, 3.63) is 39.6 Å². The highest BCUT2D eigenvalue weighted by Crippen LogP contribution is 2.25. The Kier molecular flexibility index (Phi) is 4.41. The zero-order chi connectivity index (χ0) is 17.3. The van der Waals surface area contributed by atoms with Crippen molar-refractivity contribution in [2.75, 3.05) is 0 Å². The molecule has 0 atom stereocenters. The number of amides is 1. The maximum atomic E-state index is 13.5. The first kappa shape index (κ1) is 16.3. The molecule has 0 unspecified atom stereocenters. The maximum absolute atomic E-state index is 13.5. The lowest BCUT2D eigenvalue weighted by Crippen LogP contribution is -2.33. The van der Waals surface area contributed by atoms with Gasteiger partial charge in [0.15, 0.2) is 0 Å². The van der Waals surface area contributed by atoms with Crippen LogP contribution in [0.2, 0.25) is 0 Å². The van der Waals surface area contributed by atoms with E-state index >= 15 is 0 Å². The lowest BCUT2D eigenvalue weighted by Gasteiger charge is -2.12. The first-order chi connectivity index (χ1) is 11.5. The van der Waals surface area contributed by atoms with E-state index in [4.69, 9.17) is 0 Å². The van der Waals surface area contributed by atoms with Crippen LogP contribution >= 0.6 is 0 Å². The molecule has 1 aliphatic carbocycles. The Hall–Kier alpha value is -2.58. The van der Waals surface area contributed by atoms with Gasteiger partial charge in [0.25, 0.3) is 17.9 Å². The normalized spacial score (nSPS) is 15.2. The number of hydrogen-bond acceptors (Lipinski definition) is 4. The van der Waals surface area contributed by atoms with Crippen LogP contribution < -0.4 is 10.9 Å². The summed E-state index contributed by atoms with van der Waals surface area (Å²) in [4.78, 5) is 30.2. The minimum Gasteiger partial charge on any atom is -0.349 e. The molecule has 24 heavy (non-hydrogen) atoms. The van der Waals surface area contributed by atoms with Crippen LogP contribution in [0.15, 0.2) is 17.1 Å². The third kappa shape index (κ3) is 3.19. The molecule has 0 aliphatic heterocycles. The highest BCUT2D eigenvalue weighted by Gasteiger charge is 2.28. The van der Waals surface area contributed by atoms with E-state index in [1.54, 1.807) is 6.92 Å². The van der Waals surface area contributed by atoms with Crippen molar-refractivity contribution >= 4 is 5.91 Å². The van der Waals surface area contributed by atoms with E-state index in [9.17, 15) is 18.4 Å². The molecule has 0 radical (unpaired) electrons. The SMILES string of the molecule is Cc1cc(=O)[nH]c(-n2ncc(C(=O)NC3CCCC3)c2C(F)F)n1. The molecule has 0 saturated heterocycles. The van der Waals surface area contributed by atoms with Gasteiger partial charge >= 0.3 is 0 Å². The fourth-order valence-electron chi connectivity index (χ4n) is 2.91. The monoisotopic (exact) mass is 337 g/mol. The van der Waals surface area contributed by atoms with Crippen molar-refractivity contribution in [1.29, 1.82) is 0 Å². The van der Waals surface area contributed by atoms with Gasteiger partial charge in [-0.3, -0.25) is 14.6 Å². The third-order valence-corrected chi connectivity index (χ3v) is 4.01. The van der Waals surface area contributed by atoms with Gasteiger partial charge in [-0.05, 0) is 19.8 Å². The molecule has 2 aromatic heterocycles. The number of halogens is 2. The lowest BCUT2D eigenvalue weighted by molar-refractivity contribution is 0.0922. The van der Waals surface area contributed by atoms with Crippen LogP contribution in [0.25, 0.3) is 5.95 Å². The van der Waals surface area contributed by atoms with Gasteiger partial charge in [-0.25, -0.2) is 13.8 Å². The smallest absolute Gasteiger partial charge is 0.281 e. The summed E-state index contributed by atoms with van der Waals surface area (Å²) in [6, 6.07) is 1.24. The van der Waals surface area contributed by atoms with Crippen LogP contribution in [-0.2, 0) is 0 Å². The van der Waals surface area contributed by atoms with Crippen molar-refractivity contribution in [1.82, 2.24) is 25.1 Å². The molecule has 3 rings (SSSR count). The average Bonchev–Trinajstić information content (AvgIpc) is 3.14. The van der Waals surface area contributed by atoms with Gasteiger partial charge in [-0.1, -0.05) is 12.8 Å². The average molecular weight is 337 g/mol. The minimum absolute atomic E-state index is 0.00303. The molecule has 1 aliphatic rings. The minimum atomic E-state index is -2.94. The van der Waals surface area contributed by atoms with E-state index < -0.39 is 23.6 Å². The molecule has 9 heteroatoms. The first-order valence-electron chi connectivity index (χ1n) is 7.71. The van der Waals surface area contributed by atoms with E-state index in [1.165, 1.54) is 6.07 Å². The molecule has 2 N–H and O–H groups in total. The predicted octanol–water partition coefficient (Wildman–Crippen LogP) is 1.87. The van der Waals surface area contributed by atoms with E-state index in [2.05, 4.69) is 20.4 Å². The molecule has 0 aromatic carbocycles. The fraction of sp³-hybridized carbons (Fsp3) is 0.467. The summed E-state index contributed by atoms with van der Waals surface area (Å²) in [5.74, 6) is -0.728. The summed E-state index contributed by atoms with van der Waals surface area (Å²) in [5, 5.41) is 6.59. The summed E-state index contributed by atoms with van der Waals surface area (Å²) >= 11 is 0. The van der Waals surface area contributed by atoms with E-state index in [-0.39, 0.29) is 17.6 Å². The Morgan fingerprint density at radius 3 is 2.75 bits per heavy atom. The summed E-state index contributed by atoms with van der Waals surface area (Å²) in [5.41, 5.74) is -0.910. The second-order valence-electron chi connectivity index (χ2n) is 5.82. The van der Waals surface area contributed by atoms with Crippen LogP contribution in [0.1, 0.15) is 53.9 Å². The van der Waals surface area contributed by atoms with E-state index in [1.807, 2.05) is 0 Å². The van der Waals surface area contributed by atoms with Gasteiger partial charge < -0.3 is 5.32 Å². The largest absolute Gasteiger partial charge is 0.349 e. The van der Waals surface area contributed by atoms with Crippen molar-refractivity contribution < 1.29 is 13.6 Å². The highest BCUT2D eigenvalue weighted by atomic mass is 19.3. The number of carbonyl (C=O) groups is 1. The number of H-pyrrole nitrogens is 1. The Morgan fingerprint density at radius 1 is 1.42 bits per heavy atom. The van der Waals surface area contributed by atoms with Crippen molar-refractivity contribution in [2.24, 2.45) is 0 Å². The topological polar surface area (TPSA) is 92.7 Å². The number of aryl methyl sites for hydroxylation is 1. The zero-order valence-electron chi connectivity index (χ0n) is 13.1. The standard InChI is InChI=1S/C15H17F2N5O2/c1-8-6-11(23)21-15(19-8)22-12(13(16)17)10(7-18-22)14(24)20-9-4-2-3-5-9/h6-7,9,13H,2-5H2,1H3,(H,20,24)(H,19,21,23). The Labute approximate surface area is 136 Å². The molecule has 1 fully saturated rings. The number of rotatable bonds is 4. The van der Waals surface area contributed by atoms with Crippen molar-refractivity contribution in [3.63, 3.8) is 0 Å². The molecule has 128 valence electrons. The van der Waals surface area contributed by atoms with Crippen molar-refractivity contribution in [3.8, 4) is 5.95 Å². The number of nitrogens with one attached hydrogen (secondary N) is 2. The van der Waals surface area contributed by atoms with Crippen LogP contribution in [-0.4, -0.2) is 31.7 Å². The van der Waals surface area contributed by atoms with Crippen LogP contribution in [0.3, 0.4) is 0 Å². The summed E-state index contributed by atoms with van der Waals surface area (Å²) in [6.45, 7) is 1.57. The molecule has 1 saturated carbocycles. The number of alkyl halides is 2. The molecule has 0 bridgehead atoms. The third-order valence-electron chi connectivity index (χ3n) is 4.01. The molecular formula is C15H17F2N5O2. The fourth-order valence-corrected chi connectivity index (χ4v) is 2.91. The number of nitrogens with zero attached hydrogens (tertiary/aromatic N) is 3. The van der Waals surface area contributed by atoms with Gasteiger partial charge in [-0.2, -0.15) is 9.78 Å². The molecule has 1 amide bonds. The van der Waals surface area contributed by atoms with E-state index in [0.717, 1.165) is 36.6 Å². The van der Waals surface area contributed by atoms with Crippen molar-refractivity contribution in [2.45, 2.75) is 45.1 Å². The molecule has 2 aromatic rings. The first-order valence-corrected chi connectivity index (χ1v) is 7.71. The Morgan fingerprint density at radius 2 is 2.12 bits per heavy atom. The van der Waals surface area contributed by atoms with Gasteiger partial charge in [0.1, 0.15) is 5.69 Å². The van der Waals surface area contributed by atoms with Gasteiger partial charge in [0.05, 0.1) is 11.8 Å². The van der Waals surface area contributed by atoms with E-state index in [0.29, 0.717) is 5.69 Å². The summed E-state index contributed by atoms with van der Waals surface area (Å²) < 4.78 is 27.9. The van der Waals surface area contributed by atoms with Crippen LogP contribution in [0.4, 0.5) is 8.78 Å². The maximum Gasteiger partial charge on any atom is 0.281 e. The second kappa shape index (κ2) is 6.50. The number of hydrogen-bond donors (Lipinski definition) is 2. The van der Waals surface area contributed by atoms with Crippen LogP contribution in [0, 0.1) is 6.92 Å². The van der Waals surface area contributed by atoms with Gasteiger partial charge in [0.2, 0.25) is 5.95 Å². The second-order valence-corrected chi connectivity index (χ2v) is 5.82. The highest BCUT2D eigenvalue weighted by molar-refractivity contribution is 5.95. The van der Waals surface area contributed by atoms with Gasteiger partial charge in [-0.15, -0.1) is 0 Å². The van der Waals surface area contributed by atoms with Crippen LogP contribution in [0.5, 0.6) is 0 Å².